The van der Waals surface area contributed by atoms with Gasteiger partial charge in [0.2, 0.25) is 0 Å². The molecule has 0 N–H and O–H groups in total. The molecule has 0 spiro atoms. The van der Waals surface area contributed by atoms with Crippen LogP contribution < -0.4 is 4.90 Å². The number of aromatic nitrogens is 1. The molecule has 14 heavy (non-hydrogen) atoms. The average Bonchev–Trinajstić information content (AvgIpc) is 2.16. The molecule has 1 aromatic rings. The Bertz CT molecular complexity index is 335. The second-order valence-corrected chi connectivity index (χ2v) is 3.25. The smallest absolute Gasteiger partial charge is 0.261 e. The van der Waals surface area contributed by atoms with E-state index in [1.54, 1.807) is 18.3 Å². The fourth-order valence-corrected chi connectivity index (χ4v) is 1.58. The van der Waals surface area contributed by atoms with Crippen molar-refractivity contribution >= 4 is 0 Å². The third-order valence-corrected chi connectivity index (χ3v) is 2.32. The zero-order chi connectivity index (χ0) is 10.2. The van der Waals surface area contributed by atoms with Gasteiger partial charge in [-0.15, -0.1) is 13.2 Å². The minimum Gasteiger partial charge on any atom is -0.261 e. The fourth-order valence-electron chi connectivity index (χ4n) is 1.58. The Labute approximate surface area is 79.4 Å². The highest BCUT2D eigenvalue weighted by atomic mass is 19.4. The van der Waals surface area contributed by atoms with Crippen LogP contribution in [-0.4, -0.2) is 17.8 Å². The van der Waals surface area contributed by atoms with E-state index < -0.39 is 6.30 Å². The van der Waals surface area contributed by atoms with Gasteiger partial charge in [0.15, 0.2) is 6.54 Å². The van der Waals surface area contributed by atoms with Crippen LogP contribution in [0.2, 0.25) is 0 Å². The second-order valence-electron chi connectivity index (χ2n) is 3.25. The number of pyridine rings is 1. The van der Waals surface area contributed by atoms with Crippen molar-refractivity contribution in [1.82, 2.24) is 9.88 Å². The Balaban J connectivity index is 2.22. The Morgan fingerprint density at radius 3 is 2.86 bits per heavy atom. The summed E-state index contributed by atoms with van der Waals surface area (Å²) in [5.41, 5.74) is 1.46. The van der Waals surface area contributed by atoms with Gasteiger partial charge < -0.3 is 0 Å². The van der Waals surface area contributed by atoms with Crippen LogP contribution in [-0.2, 0) is 13.0 Å². The molecule has 0 saturated heterocycles. The van der Waals surface area contributed by atoms with E-state index in [4.69, 9.17) is 0 Å². The van der Waals surface area contributed by atoms with Crippen molar-refractivity contribution in [3.63, 3.8) is 0 Å². The standard InChI is InChI=1S/C9H9F3N2/c10-9(11,12)14-5-3-8-7(6-14)2-1-4-13-8/h1-2,4H,3,5-6H2/q+1. The van der Waals surface area contributed by atoms with E-state index in [0.29, 0.717) is 16.9 Å². The molecule has 2 nitrogen and oxygen atoms in total. The summed E-state index contributed by atoms with van der Waals surface area (Å²) in [5.74, 6) is 0. The highest BCUT2D eigenvalue weighted by Crippen LogP contribution is 2.25. The first-order valence-electron chi connectivity index (χ1n) is 4.32. The molecule has 0 atom stereocenters. The highest BCUT2D eigenvalue weighted by molar-refractivity contribution is 5.22. The molecule has 2 heterocycles. The van der Waals surface area contributed by atoms with Crippen LogP contribution in [0.25, 0.3) is 0 Å². The van der Waals surface area contributed by atoms with Crippen molar-refractivity contribution in [2.24, 2.45) is 0 Å². The lowest BCUT2D eigenvalue weighted by Crippen LogP contribution is -2.46. The van der Waals surface area contributed by atoms with Gasteiger partial charge in [-0.05, 0) is 12.1 Å². The summed E-state index contributed by atoms with van der Waals surface area (Å²) < 4.78 is 37.0. The van der Waals surface area contributed by atoms with Crippen LogP contribution in [0.5, 0.6) is 0 Å². The Kier molecular flexibility index (Phi) is 2.19. The monoisotopic (exact) mass is 202 g/mol. The highest BCUT2D eigenvalue weighted by Gasteiger charge is 2.50. The van der Waals surface area contributed by atoms with E-state index in [1.807, 2.05) is 0 Å². The summed E-state index contributed by atoms with van der Waals surface area (Å²) in [6.07, 6.45) is -2.24. The molecule has 0 aromatic carbocycles. The molecule has 1 aliphatic heterocycles. The van der Waals surface area contributed by atoms with Crippen LogP contribution in [0.4, 0.5) is 13.2 Å². The van der Waals surface area contributed by atoms with E-state index in [-0.39, 0.29) is 13.1 Å². The number of nitrogens with zero attached hydrogens (tertiary/aromatic N) is 2. The van der Waals surface area contributed by atoms with E-state index in [2.05, 4.69) is 4.98 Å². The minimum absolute atomic E-state index is 0.00745. The normalized spacial score (nSPS) is 17.9. The van der Waals surface area contributed by atoms with Gasteiger partial charge in [-0.2, -0.15) is 0 Å². The summed E-state index contributed by atoms with van der Waals surface area (Å²) in [5, 5.41) is 0. The van der Waals surface area contributed by atoms with Crippen LogP contribution in [0, 0.1) is 0 Å². The van der Waals surface area contributed by atoms with Gasteiger partial charge in [-0.1, -0.05) is 4.90 Å². The quantitative estimate of drug-likeness (QED) is 0.463. The molecule has 1 aromatic heterocycles. The Morgan fingerprint density at radius 1 is 1.36 bits per heavy atom. The molecule has 0 fully saturated rings. The number of fused-ring (bicyclic) bond motifs is 1. The fraction of sp³-hybridized carbons (Fsp3) is 0.444. The van der Waals surface area contributed by atoms with Crippen LogP contribution in [0.15, 0.2) is 18.3 Å². The van der Waals surface area contributed by atoms with Gasteiger partial charge in [0.1, 0.15) is 6.54 Å². The molecule has 0 aliphatic carbocycles. The third kappa shape index (κ3) is 1.72. The Hall–Kier alpha value is -1.10. The molecular weight excluding hydrogens is 193 g/mol. The molecular formula is C9H9F3N2+. The van der Waals surface area contributed by atoms with E-state index >= 15 is 0 Å². The number of rotatable bonds is 0. The maximum absolute atomic E-state index is 12.3. The molecule has 75 valence electrons. The lowest BCUT2D eigenvalue weighted by Gasteiger charge is -2.19. The van der Waals surface area contributed by atoms with Gasteiger partial charge in [0.05, 0.1) is 5.69 Å². The van der Waals surface area contributed by atoms with Crippen molar-refractivity contribution in [2.75, 3.05) is 6.54 Å². The maximum Gasteiger partial charge on any atom is 0.607 e. The topological polar surface area (TPSA) is 18.8 Å². The van der Waals surface area contributed by atoms with Gasteiger partial charge in [0.25, 0.3) is 0 Å². The number of halogens is 3. The van der Waals surface area contributed by atoms with Crippen LogP contribution in [0.1, 0.15) is 11.3 Å². The predicted octanol–water partition coefficient (Wildman–Crippen LogP) is 1.80. The van der Waals surface area contributed by atoms with Crippen molar-refractivity contribution in [3.8, 4) is 0 Å². The predicted molar refractivity (Wildman–Crippen MR) is 44.7 cm³/mol. The molecule has 5 heteroatoms. The molecule has 1 aliphatic rings. The van der Waals surface area contributed by atoms with Crippen molar-refractivity contribution in [3.05, 3.63) is 29.6 Å². The number of hydrogen-bond acceptors (Lipinski definition) is 2. The largest absolute Gasteiger partial charge is 0.607 e. The molecule has 1 radical (unpaired) electrons. The summed E-state index contributed by atoms with van der Waals surface area (Å²) in [6, 6.07) is 3.36. The van der Waals surface area contributed by atoms with Crippen molar-refractivity contribution < 1.29 is 13.2 Å². The lowest BCUT2D eigenvalue weighted by molar-refractivity contribution is -0.206. The SMILES string of the molecule is FC(F)(F)[N+]1CCc2ncccc2C1. The summed E-state index contributed by atoms with van der Waals surface area (Å²) in [7, 11) is 0. The molecule has 0 bridgehead atoms. The summed E-state index contributed by atoms with van der Waals surface area (Å²) >= 11 is 0. The zero-order valence-corrected chi connectivity index (χ0v) is 7.38. The maximum atomic E-state index is 12.3. The first kappa shape index (κ1) is 9.45. The number of alkyl halides is 3. The van der Waals surface area contributed by atoms with E-state index in [9.17, 15) is 13.2 Å². The minimum atomic E-state index is -4.23. The van der Waals surface area contributed by atoms with Crippen molar-refractivity contribution in [2.45, 2.75) is 19.3 Å². The third-order valence-electron chi connectivity index (χ3n) is 2.32. The van der Waals surface area contributed by atoms with Gasteiger partial charge >= 0.3 is 6.30 Å². The van der Waals surface area contributed by atoms with Crippen molar-refractivity contribution in [1.29, 1.82) is 0 Å². The van der Waals surface area contributed by atoms with Crippen LogP contribution in [0.3, 0.4) is 0 Å². The van der Waals surface area contributed by atoms with Gasteiger partial charge in [-0.3, -0.25) is 4.98 Å². The van der Waals surface area contributed by atoms with E-state index in [0.717, 1.165) is 5.69 Å². The first-order valence-corrected chi connectivity index (χ1v) is 4.32. The molecule has 0 saturated carbocycles. The van der Waals surface area contributed by atoms with Gasteiger partial charge in [-0.25, -0.2) is 0 Å². The zero-order valence-electron chi connectivity index (χ0n) is 7.38. The molecule has 2 rings (SSSR count). The lowest BCUT2D eigenvalue weighted by atomic mass is 10.1. The number of hydrogen-bond donors (Lipinski definition) is 0. The summed E-state index contributed by atoms with van der Waals surface area (Å²) in [6.45, 7) is -0.0693. The molecule has 0 unspecified atom stereocenters. The Morgan fingerprint density at radius 2 is 2.14 bits per heavy atom. The second kappa shape index (κ2) is 3.24. The van der Waals surface area contributed by atoms with E-state index in [1.165, 1.54) is 0 Å². The average molecular weight is 202 g/mol. The first-order chi connectivity index (χ1) is 6.57. The van der Waals surface area contributed by atoms with Crippen LogP contribution >= 0.6 is 0 Å². The molecule has 0 amide bonds. The summed E-state index contributed by atoms with van der Waals surface area (Å²) in [4.78, 5) is 4.55. The van der Waals surface area contributed by atoms with Gasteiger partial charge in [0, 0.05) is 18.2 Å².